The van der Waals surface area contributed by atoms with Crippen LogP contribution in [0.1, 0.15) is 21.5 Å². The summed E-state index contributed by atoms with van der Waals surface area (Å²) in [6, 6.07) is 15.4. The molecule has 0 radical (unpaired) electrons. The molecule has 0 aliphatic rings. The second-order valence-electron chi connectivity index (χ2n) is 5.38. The molecule has 0 saturated carbocycles. The summed E-state index contributed by atoms with van der Waals surface area (Å²) in [5.41, 5.74) is 5.59. The lowest BCUT2D eigenvalue weighted by Gasteiger charge is -2.08. The van der Waals surface area contributed by atoms with Gasteiger partial charge in [-0.25, -0.2) is 0 Å². The van der Waals surface area contributed by atoms with Crippen LogP contribution in [0, 0.1) is 13.8 Å². The van der Waals surface area contributed by atoms with Gasteiger partial charge >= 0.3 is 0 Å². The van der Waals surface area contributed by atoms with E-state index in [9.17, 15) is 4.79 Å². The van der Waals surface area contributed by atoms with Crippen LogP contribution in [-0.4, -0.2) is 16.1 Å². The third kappa shape index (κ3) is 3.06. The van der Waals surface area contributed by atoms with E-state index < -0.39 is 0 Å². The molecule has 0 bridgehead atoms. The van der Waals surface area contributed by atoms with Crippen molar-refractivity contribution >= 4 is 11.6 Å². The molecule has 0 aliphatic heterocycles. The maximum Gasteiger partial charge on any atom is 0.255 e. The third-order valence-corrected chi connectivity index (χ3v) is 3.44. The SMILES string of the molecule is Cc1cc(C)cc(C(=O)Nc2ccc(-c3ccn[nH]3)cc2)c1. The summed E-state index contributed by atoms with van der Waals surface area (Å²) < 4.78 is 0. The minimum absolute atomic E-state index is 0.0962. The predicted molar refractivity (Wildman–Crippen MR) is 87.9 cm³/mol. The molecule has 0 saturated heterocycles. The summed E-state index contributed by atoms with van der Waals surface area (Å²) in [6.45, 7) is 3.98. The molecule has 3 aromatic rings. The van der Waals surface area contributed by atoms with Gasteiger partial charge in [-0.3, -0.25) is 9.89 Å². The number of H-pyrrole nitrogens is 1. The first-order chi connectivity index (χ1) is 10.6. The second-order valence-corrected chi connectivity index (χ2v) is 5.38. The molecule has 0 atom stereocenters. The number of benzene rings is 2. The number of carbonyl (C=O) groups is 1. The van der Waals surface area contributed by atoms with Gasteiger partial charge in [0.2, 0.25) is 0 Å². The minimum atomic E-state index is -0.0962. The van der Waals surface area contributed by atoms with Crippen LogP contribution in [0.4, 0.5) is 5.69 Å². The van der Waals surface area contributed by atoms with Crippen LogP contribution in [0.15, 0.2) is 54.7 Å². The molecule has 3 rings (SSSR count). The van der Waals surface area contributed by atoms with Crippen molar-refractivity contribution in [1.82, 2.24) is 10.2 Å². The Bertz CT molecular complexity index is 769. The smallest absolute Gasteiger partial charge is 0.255 e. The molecule has 4 nitrogen and oxygen atoms in total. The van der Waals surface area contributed by atoms with Crippen molar-refractivity contribution in [3.05, 3.63) is 71.4 Å². The lowest BCUT2D eigenvalue weighted by atomic mass is 10.1. The maximum absolute atomic E-state index is 12.3. The van der Waals surface area contributed by atoms with Crippen LogP contribution in [0.25, 0.3) is 11.3 Å². The summed E-state index contributed by atoms with van der Waals surface area (Å²) in [5, 5.41) is 9.77. The number of aromatic nitrogens is 2. The lowest BCUT2D eigenvalue weighted by molar-refractivity contribution is 0.102. The van der Waals surface area contributed by atoms with Gasteiger partial charge in [-0.2, -0.15) is 5.10 Å². The van der Waals surface area contributed by atoms with Crippen molar-refractivity contribution in [3.8, 4) is 11.3 Å². The summed E-state index contributed by atoms with van der Waals surface area (Å²) in [6.07, 6.45) is 1.71. The molecule has 2 N–H and O–H groups in total. The maximum atomic E-state index is 12.3. The molecule has 0 unspecified atom stereocenters. The number of carbonyl (C=O) groups excluding carboxylic acids is 1. The van der Waals surface area contributed by atoms with Crippen molar-refractivity contribution in [1.29, 1.82) is 0 Å². The Morgan fingerprint density at radius 1 is 1.00 bits per heavy atom. The topological polar surface area (TPSA) is 57.8 Å². The average Bonchev–Trinajstić information content (AvgIpc) is 3.01. The molecule has 0 fully saturated rings. The fraction of sp³-hybridized carbons (Fsp3) is 0.111. The zero-order chi connectivity index (χ0) is 15.5. The van der Waals surface area contributed by atoms with E-state index in [1.807, 2.05) is 56.3 Å². The Morgan fingerprint density at radius 3 is 2.27 bits per heavy atom. The van der Waals surface area contributed by atoms with Gasteiger partial charge in [0.25, 0.3) is 5.91 Å². The number of anilines is 1. The number of hydrogen-bond donors (Lipinski definition) is 2. The molecular formula is C18H17N3O. The van der Waals surface area contributed by atoms with E-state index in [1.165, 1.54) is 0 Å². The molecule has 4 heteroatoms. The van der Waals surface area contributed by atoms with E-state index >= 15 is 0 Å². The van der Waals surface area contributed by atoms with E-state index in [2.05, 4.69) is 21.6 Å². The number of nitrogens with one attached hydrogen (secondary N) is 2. The zero-order valence-electron chi connectivity index (χ0n) is 12.6. The van der Waals surface area contributed by atoms with E-state index in [4.69, 9.17) is 0 Å². The normalized spacial score (nSPS) is 10.5. The van der Waals surface area contributed by atoms with Crippen molar-refractivity contribution in [2.24, 2.45) is 0 Å². The fourth-order valence-electron chi connectivity index (χ4n) is 2.46. The molecule has 1 heterocycles. The highest BCUT2D eigenvalue weighted by Gasteiger charge is 2.07. The van der Waals surface area contributed by atoms with Crippen molar-refractivity contribution in [3.63, 3.8) is 0 Å². The largest absolute Gasteiger partial charge is 0.322 e. The number of aromatic amines is 1. The van der Waals surface area contributed by atoms with Crippen LogP contribution in [0.2, 0.25) is 0 Å². The van der Waals surface area contributed by atoms with Crippen LogP contribution >= 0.6 is 0 Å². The van der Waals surface area contributed by atoms with Crippen LogP contribution < -0.4 is 5.32 Å². The standard InChI is InChI=1S/C18H17N3O/c1-12-9-13(2)11-15(10-12)18(22)20-16-5-3-14(4-6-16)17-7-8-19-21-17/h3-11H,1-2H3,(H,19,21)(H,20,22). The monoisotopic (exact) mass is 291 g/mol. The van der Waals surface area contributed by atoms with Crippen molar-refractivity contribution in [2.75, 3.05) is 5.32 Å². The number of hydrogen-bond acceptors (Lipinski definition) is 2. The highest BCUT2D eigenvalue weighted by atomic mass is 16.1. The Morgan fingerprint density at radius 2 is 1.68 bits per heavy atom. The molecular weight excluding hydrogens is 274 g/mol. The van der Waals surface area contributed by atoms with Gasteiger partial charge in [0.05, 0.1) is 5.69 Å². The van der Waals surface area contributed by atoms with Crippen LogP contribution in [-0.2, 0) is 0 Å². The first-order valence-electron chi connectivity index (χ1n) is 7.11. The number of aryl methyl sites for hydroxylation is 2. The number of rotatable bonds is 3. The van der Waals surface area contributed by atoms with E-state index in [1.54, 1.807) is 6.20 Å². The Labute approximate surface area is 129 Å². The first-order valence-corrected chi connectivity index (χ1v) is 7.11. The van der Waals surface area contributed by atoms with Crippen LogP contribution in [0.5, 0.6) is 0 Å². The van der Waals surface area contributed by atoms with Gasteiger partial charge in [-0.05, 0) is 49.7 Å². The highest BCUT2D eigenvalue weighted by molar-refractivity contribution is 6.04. The summed E-state index contributed by atoms with van der Waals surface area (Å²) in [4.78, 5) is 12.3. The van der Waals surface area contributed by atoms with Crippen molar-refractivity contribution < 1.29 is 4.79 Å². The minimum Gasteiger partial charge on any atom is -0.322 e. The van der Waals surface area contributed by atoms with E-state index in [0.717, 1.165) is 28.1 Å². The molecule has 1 amide bonds. The predicted octanol–water partition coefficient (Wildman–Crippen LogP) is 3.95. The van der Waals surface area contributed by atoms with Crippen LogP contribution in [0.3, 0.4) is 0 Å². The van der Waals surface area contributed by atoms with Gasteiger partial charge in [-0.15, -0.1) is 0 Å². The second kappa shape index (κ2) is 5.85. The Kier molecular flexibility index (Phi) is 3.74. The van der Waals surface area contributed by atoms with E-state index in [0.29, 0.717) is 5.56 Å². The lowest BCUT2D eigenvalue weighted by Crippen LogP contribution is -2.12. The Hall–Kier alpha value is -2.88. The van der Waals surface area contributed by atoms with Gasteiger partial charge in [0.1, 0.15) is 0 Å². The highest BCUT2D eigenvalue weighted by Crippen LogP contribution is 2.19. The van der Waals surface area contributed by atoms with Gasteiger partial charge in [0.15, 0.2) is 0 Å². The fourth-order valence-corrected chi connectivity index (χ4v) is 2.46. The zero-order valence-corrected chi connectivity index (χ0v) is 12.6. The molecule has 110 valence electrons. The molecule has 1 aromatic heterocycles. The van der Waals surface area contributed by atoms with Gasteiger partial charge in [0, 0.05) is 17.4 Å². The summed E-state index contributed by atoms with van der Waals surface area (Å²) >= 11 is 0. The van der Waals surface area contributed by atoms with E-state index in [-0.39, 0.29) is 5.91 Å². The average molecular weight is 291 g/mol. The van der Waals surface area contributed by atoms with Gasteiger partial charge in [-0.1, -0.05) is 29.3 Å². The number of nitrogens with zero attached hydrogens (tertiary/aromatic N) is 1. The Balaban J connectivity index is 1.76. The van der Waals surface area contributed by atoms with Crippen molar-refractivity contribution in [2.45, 2.75) is 13.8 Å². The third-order valence-electron chi connectivity index (χ3n) is 3.44. The summed E-state index contributed by atoms with van der Waals surface area (Å²) in [7, 11) is 0. The number of amides is 1. The molecule has 2 aromatic carbocycles. The summed E-state index contributed by atoms with van der Waals surface area (Å²) in [5.74, 6) is -0.0962. The van der Waals surface area contributed by atoms with Gasteiger partial charge < -0.3 is 5.32 Å². The molecule has 0 spiro atoms. The molecule has 22 heavy (non-hydrogen) atoms. The quantitative estimate of drug-likeness (QED) is 0.767. The first kappa shape index (κ1) is 14.1. The molecule has 0 aliphatic carbocycles.